The summed E-state index contributed by atoms with van der Waals surface area (Å²) in [5.74, 6) is 0. The molecule has 0 aromatic heterocycles. The van der Waals surface area contributed by atoms with Crippen LogP contribution in [0.15, 0.2) is 4.99 Å². The topological polar surface area (TPSA) is 43.3 Å². The minimum atomic E-state index is -2.42. The van der Waals surface area contributed by atoms with Crippen molar-refractivity contribution < 1.29 is 13.3 Å². The number of hydrogen-bond acceptors (Lipinski definition) is 5. The van der Waals surface area contributed by atoms with E-state index in [0.29, 0.717) is 0 Å². The van der Waals surface area contributed by atoms with E-state index >= 15 is 0 Å². The maximum Gasteiger partial charge on any atom is 0.500 e. The van der Waals surface area contributed by atoms with Crippen molar-refractivity contribution in [3.63, 3.8) is 0 Å². The predicted octanol–water partition coefficient (Wildman–Crippen LogP) is 2.45. The monoisotopic (exact) mass is 304 g/mol. The maximum atomic E-state index is 5.40. The van der Waals surface area contributed by atoms with Gasteiger partial charge < -0.3 is 18.2 Å². The molecule has 120 valence electrons. The highest BCUT2D eigenvalue weighted by molar-refractivity contribution is 6.60. The van der Waals surface area contributed by atoms with Gasteiger partial charge in [0.05, 0.1) is 0 Å². The van der Waals surface area contributed by atoms with Gasteiger partial charge in [-0.3, -0.25) is 4.99 Å². The van der Waals surface area contributed by atoms with Crippen LogP contribution in [0.25, 0.3) is 0 Å². The molecule has 5 nitrogen and oxygen atoms in total. The molecule has 20 heavy (non-hydrogen) atoms. The summed E-state index contributed by atoms with van der Waals surface area (Å²) in [4.78, 5) is 6.91. The molecule has 0 aromatic rings. The number of nitrogens with zero attached hydrogens (tertiary/aromatic N) is 2. The molecule has 0 bridgehead atoms. The van der Waals surface area contributed by atoms with Crippen LogP contribution in [0.3, 0.4) is 0 Å². The van der Waals surface area contributed by atoms with Crippen LogP contribution in [-0.4, -0.2) is 67.9 Å². The van der Waals surface area contributed by atoms with Gasteiger partial charge in [-0.25, -0.2) is 0 Å². The second-order valence-corrected chi connectivity index (χ2v) is 8.20. The van der Waals surface area contributed by atoms with E-state index in [1.54, 1.807) is 21.3 Å². The van der Waals surface area contributed by atoms with Gasteiger partial charge in [0.25, 0.3) is 0 Å². The van der Waals surface area contributed by atoms with Gasteiger partial charge >= 0.3 is 8.80 Å². The molecule has 0 unspecified atom stereocenters. The molecule has 0 fully saturated rings. The van der Waals surface area contributed by atoms with Crippen molar-refractivity contribution >= 4 is 14.5 Å². The minimum Gasteiger partial charge on any atom is -0.377 e. The molecular formula is C14H32N2O3Si. The van der Waals surface area contributed by atoms with Crippen LogP contribution < -0.4 is 0 Å². The van der Waals surface area contributed by atoms with Crippen LogP contribution in [0.5, 0.6) is 0 Å². The third kappa shape index (κ3) is 8.11. The molecular weight excluding hydrogens is 272 g/mol. The van der Waals surface area contributed by atoms with Gasteiger partial charge in [-0.15, -0.1) is 0 Å². The fourth-order valence-corrected chi connectivity index (χ4v) is 3.76. The van der Waals surface area contributed by atoms with Crippen LogP contribution in [0.1, 0.15) is 32.6 Å². The lowest BCUT2D eigenvalue weighted by Crippen LogP contribution is -2.42. The lowest BCUT2D eigenvalue weighted by atomic mass is 10.1. The van der Waals surface area contributed by atoms with Gasteiger partial charge in [-0.2, -0.15) is 0 Å². The average molecular weight is 305 g/mol. The highest BCUT2D eigenvalue weighted by Gasteiger charge is 2.36. The highest BCUT2D eigenvalue weighted by atomic mass is 28.4. The molecule has 0 rings (SSSR count). The van der Waals surface area contributed by atoms with Crippen molar-refractivity contribution in [3.8, 4) is 0 Å². The fourth-order valence-electron chi connectivity index (χ4n) is 2.06. The smallest absolute Gasteiger partial charge is 0.377 e. The Balaban J connectivity index is 4.06. The van der Waals surface area contributed by atoms with E-state index in [9.17, 15) is 0 Å². The maximum absolute atomic E-state index is 5.40. The molecule has 0 aliphatic carbocycles. The van der Waals surface area contributed by atoms with Crippen LogP contribution in [0.2, 0.25) is 6.04 Å². The molecule has 0 aromatic carbocycles. The summed E-state index contributed by atoms with van der Waals surface area (Å²) in [5.41, 5.74) is 1.31. The van der Waals surface area contributed by atoms with Crippen LogP contribution in [-0.2, 0) is 13.3 Å². The van der Waals surface area contributed by atoms with Gasteiger partial charge in [0.15, 0.2) is 0 Å². The summed E-state index contributed by atoms with van der Waals surface area (Å²) < 4.78 is 16.2. The second-order valence-electron chi connectivity index (χ2n) is 5.11. The van der Waals surface area contributed by atoms with Crippen LogP contribution >= 0.6 is 0 Å². The highest BCUT2D eigenvalue weighted by Crippen LogP contribution is 2.15. The van der Waals surface area contributed by atoms with Crippen molar-refractivity contribution in [1.82, 2.24) is 4.90 Å². The Morgan fingerprint density at radius 2 is 1.65 bits per heavy atom. The Hall–Kier alpha value is -0.273. The molecule has 0 atom stereocenters. The standard InChI is InChI=1S/C14H32N2O3Si/c1-7-14(10-8-12-16(2)3)15-11-9-13-20(17-4,18-5)19-6/h7-13H2,1-6H3. The van der Waals surface area contributed by atoms with E-state index in [0.717, 1.165) is 38.4 Å². The molecule has 6 heteroatoms. The first-order valence-electron chi connectivity index (χ1n) is 7.36. The summed E-state index contributed by atoms with van der Waals surface area (Å²) in [6.45, 7) is 4.12. The second kappa shape index (κ2) is 11.4. The minimum absolute atomic E-state index is 0.814. The van der Waals surface area contributed by atoms with Crippen molar-refractivity contribution in [3.05, 3.63) is 0 Å². The first-order chi connectivity index (χ1) is 9.53. The van der Waals surface area contributed by atoms with Crippen molar-refractivity contribution in [1.29, 1.82) is 0 Å². The van der Waals surface area contributed by atoms with Gasteiger partial charge in [-0.05, 0) is 46.3 Å². The Kier molecular flexibility index (Phi) is 11.2. The fraction of sp³-hybridized carbons (Fsp3) is 0.929. The van der Waals surface area contributed by atoms with Gasteiger partial charge in [0, 0.05) is 39.6 Å². The zero-order chi connectivity index (χ0) is 15.4. The van der Waals surface area contributed by atoms with Crippen LogP contribution in [0.4, 0.5) is 0 Å². The number of aliphatic imine (C=N–C) groups is 1. The first kappa shape index (κ1) is 19.7. The normalized spacial score (nSPS) is 13.2. The Morgan fingerprint density at radius 1 is 1.05 bits per heavy atom. The van der Waals surface area contributed by atoms with Gasteiger partial charge in [0.2, 0.25) is 0 Å². The quantitative estimate of drug-likeness (QED) is 0.315. The molecule has 0 aliphatic heterocycles. The third-order valence-corrected chi connectivity index (χ3v) is 6.22. The molecule has 0 aliphatic rings. The molecule has 0 amide bonds. The molecule has 0 N–H and O–H groups in total. The van der Waals surface area contributed by atoms with Gasteiger partial charge in [-0.1, -0.05) is 6.92 Å². The summed E-state index contributed by atoms with van der Waals surface area (Å²) in [6, 6.07) is 0.814. The molecule has 0 saturated heterocycles. The van der Waals surface area contributed by atoms with E-state index in [4.69, 9.17) is 18.3 Å². The average Bonchev–Trinajstić information content (AvgIpc) is 2.46. The van der Waals surface area contributed by atoms with E-state index in [2.05, 4.69) is 25.9 Å². The molecule has 0 saturated carbocycles. The first-order valence-corrected chi connectivity index (χ1v) is 9.29. The number of rotatable bonds is 12. The molecule has 0 heterocycles. The lowest BCUT2D eigenvalue weighted by molar-refractivity contribution is 0.123. The zero-order valence-corrected chi connectivity index (χ0v) is 15.1. The van der Waals surface area contributed by atoms with E-state index in [-0.39, 0.29) is 0 Å². The predicted molar refractivity (Wildman–Crippen MR) is 86.6 cm³/mol. The van der Waals surface area contributed by atoms with E-state index in [1.807, 2.05) is 0 Å². The molecule has 0 radical (unpaired) electrons. The summed E-state index contributed by atoms with van der Waals surface area (Å²) >= 11 is 0. The molecule has 0 spiro atoms. The third-order valence-electron chi connectivity index (χ3n) is 3.39. The Labute approximate surface area is 125 Å². The van der Waals surface area contributed by atoms with Crippen LogP contribution in [0, 0.1) is 0 Å². The summed E-state index contributed by atoms with van der Waals surface area (Å²) in [5, 5.41) is 0. The van der Waals surface area contributed by atoms with Crippen molar-refractivity contribution in [2.75, 3.05) is 48.5 Å². The SMILES string of the molecule is CCC(CCCN(C)C)=NCCC[Si](OC)(OC)OC. The van der Waals surface area contributed by atoms with Crippen molar-refractivity contribution in [2.24, 2.45) is 4.99 Å². The van der Waals surface area contributed by atoms with E-state index in [1.165, 1.54) is 12.1 Å². The lowest BCUT2D eigenvalue weighted by Gasteiger charge is -2.23. The van der Waals surface area contributed by atoms with Crippen molar-refractivity contribution in [2.45, 2.75) is 38.7 Å². The number of hydrogen-bond donors (Lipinski definition) is 0. The summed E-state index contributed by atoms with van der Waals surface area (Å²) in [7, 11) is 6.75. The largest absolute Gasteiger partial charge is 0.500 e. The Morgan fingerprint density at radius 3 is 2.10 bits per heavy atom. The van der Waals surface area contributed by atoms with E-state index < -0.39 is 8.80 Å². The zero-order valence-electron chi connectivity index (χ0n) is 14.1. The Bertz CT molecular complexity index is 261. The van der Waals surface area contributed by atoms with Gasteiger partial charge in [0.1, 0.15) is 0 Å². The summed E-state index contributed by atoms with van der Waals surface area (Å²) in [6.07, 6.45) is 4.25.